The second-order valence-corrected chi connectivity index (χ2v) is 9.80. The van der Waals surface area contributed by atoms with Gasteiger partial charge in [-0.3, -0.25) is 9.59 Å². The quantitative estimate of drug-likeness (QED) is 0.263. The molecule has 2 aromatic heterocycles. The standard InChI is InChI=1S/C28H31FN8O3/c1-15-13-31-25-23(15)26(32-18-8-6-7-17(29)24(18)27(39)30-2)35-28(34-25)33-19-12-20-16(11-21(19)40-5)9-10-37(20)22(38)14-36(3)4/h6-8,11-13H,9-10,14H2,1-5H3,(H,30,39)(H3,31,32,33,34,35). The Hall–Kier alpha value is -4.71. The number of likely N-dealkylation sites (N-methyl/N-ethyl adjacent to an activating group) is 1. The van der Waals surface area contributed by atoms with E-state index in [1.165, 1.54) is 19.2 Å². The van der Waals surface area contributed by atoms with Crippen molar-refractivity contribution in [2.24, 2.45) is 0 Å². The van der Waals surface area contributed by atoms with Crippen LogP contribution in [0.1, 0.15) is 21.5 Å². The SMILES string of the molecule is CNC(=O)c1c(F)cccc1Nc1nc(Nc2cc3c(cc2OC)CCN3C(=O)CN(C)C)nc2[nH]cc(C)c12. The van der Waals surface area contributed by atoms with Crippen molar-refractivity contribution in [2.75, 3.05) is 56.9 Å². The number of ether oxygens (including phenoxy) is 1. The summed E-state index contributed by atoms with van der Waals surface area (Å²) in [6.45, 7) is 2.79. The lowest BCUT2D eigenvalue weighted by atomic mass is 10.1. The Morgan fingerprint density at radius 2 is 1.98 bits per heavy atom. The first-order valence-corrected chi connectivity index (χ1v) is 12.8. The number of anilines is 5. The van der Waals surface area contributed by atoms with Gasteiger partial charge in [0.05, 0.1) is 36.0 Å². The highest BCUT2D eigenvalue weighted by molar-refractivity contribution is 6.02. The zero-order chi connectivity index (χ0) is 28.6. The molecule has 0 fully saturated rings. The van der Waals surface area contributed by atoms with Gasteiger partial charge in [0.15, 0.2) is 0 Å². The Kier molecular flexibility index (Phi) is 7.26. The number of hydrogen-bond acceptors (Lipinski definition) is 8. The fourth-order valence-corrected chi connectivity index (χ4v) is 4.86. The van der Waals surface area contributed by atoms with E-state index in [1.54, 1.807) is 24.3 Å². The van der Waals surface area contributed by atoms with Gasteiger partial charge >= 0.3 is 0 Å². The molecule has 5 rings (SSSR count). The predicted molar refractivity (Wildman–Crippen MR) is 153 cm³/mol. The van der Waals surface area contributed by atoms with E-state index in [2.05, 4.69) is 25.9 Å². The highest BCUT2D eigenvalue weighted by Gasteiger charge is 2.27. The van der Waals surface area contributed by atoms with Crippen LogP contribution in [0, 0.1) is 12.7 Å². The number of benzene rings is 2. The van der Waals surface area contributed by atoms with Crippen LogP contribution in [-0.2, 0) is 11.2 Å². The Balaban J connectivity index is 1.55. The maximum atomic E-state index is 14.6. The number of aromatic amines is 1. The molecule has 0 aliphatic carbocycles. The summed E-state index contributed by atoms with van der Waals surface area (Å²) in [5.74, 6) is -0.0233. The summed E-state index contributed by atoms with van der Waals surface area (Å²) in [5, 5.41) is 9.54. The molecule has 4 N–H and O–H groups in total. The number of H-pyrrole nitrogens is 1. The number of aromatic nitrogens is 3. The summed E-state index contributed by atoms with van der Waals surface area (Å²) in [6, 6.07) is 8.14. The van der Waals surface area contributed by atoms with Gasteiger partial charge in [0.1, 0.15) is 23.0 Å². The van der Waals surface area contributed by atoms with Crippen molar-refractivity contribution in [1.29, 1.82) is 0 Å². The number of methoxy groups -OCH3 is 1. The van der Waals surface area contributed by atoms with Crippen LogP contribution >= 0.6 is 0 Å². The van der Waals surface area contributed by atoms with Crippen LogP contribution in [0.25, 0.3) is 11.0 Å². The molecule has 0 spiro atoms. The number of fused-ring (bicyclic) bond motifs is 2. The van der Waals surface area contributed by atoms with E-state index < -0.39 is 11.7 Å². The molecule has 0 saturated carbocycles. The topological polar surface area (TPSA) is 128 Å². The lowest BCUT2D eigenvalue weighted by Crippen LogP contribution is -2.36. The molecular weight excluding hydrogens is 515 g/mol. The Morgan fingerprint density at radius 3 is 2.70 bits per heavy atom. The van der Waals surface area contributed by atoms with Gasteiger partial charge in [-0.15, -0.1) is 0 Å². The van der Waals surface area contributed by atoms with Gasteiger partial charge in [0.25, 0.3) is 5.91 Å². The minimum Gasteiger partial charge on any atom is -0.495 e. The lowest BCUT2D eigenvalue weighted by molar-refractivity contribution is -0.119. The van der Waals surface area contributed by atoms with Crippen LogP contribution in [-0.4, -0.2) is 73.0 Å². The number of hydrogen-bond donors (Lipinski definition) is 4. The predicted octanol–water partition coefficient (Wildman–Crippen LogP) is 3.71. The fourth-order valence-electron chi connectivity index (χ4n) is 4.86. The molecule has 1 aliphatic heterocycles. The van der Waals surface area contributed by atoms with Gasteiger partial charge in [-0.2, -0.15) is 9.97 Å². The van der Waals surface area contributed by atoms with Crippen molar-refractivity contribution in [3.05, 3.63) is 59.0 Å². The average molecular weight is 547 g/mol. The van der Waals surface area contributed by atoms with Crippen LogP contribution < -0.4 is 25.6 Å². The first-order chi connectivity index (χ1) is 19.2. The number of nitrogens with one attached hydrogen (secondary N) is 4. The molecule has 3 heterocycles. The van der Waals surface area contributed by atoms with E-state index in [-0.39, 0.29) is 23.1 Å². The van der Waals surface area contributed by atoms with Gasteiger partial charge in [0, 0.05) is 25.5 Å². The second kappa shape index (κ2) is 10.8. The van der Waals surface area contributed by atoms with Gasteiger partial charge < -0.3 is 35.5 Å². The maximum Gasteiger partial charge on any atom is 0.256 e. The Bertz CT molecular complexity index is 1620. The third-order valence-electron chi connectivity index (χ3n) is 6.74. The van der Waals surface area contributed by atoms with Crippen LogP contribution in [0.3, 0.4) is 0 Å². The van der Waals surface area contributed by atoms with E-state index in [4.69, 9.17) is 9.72 Å². The summed E-state index contributed by atoms with van der Waals surface area (Å²) in [4.78, 5) is 41.4. The van der Waals surface area contributed by atoms with Crippen molar-refractivity contribution >= 4 is 51.7 Å². The summed E-state index contributed by atoms with van der Waals surface area (Å²) in [5.41, 5.74) is 3.95. The summed E-state index contributed by atoms with van der Waals surface area (Å²) in [6.07, 6.45) is 2.52. The number of halogens is 1. The number of nitrogens with zero attached hydrogens (tertiary/aromatic N) is 4. The van der Waals surface area contributed by atoms with Gasteiger partial charge in [-0.05, 0) is 62.8 Å². The van der Waals surface area contributed by atoms with Crippen molar-refractivity contribution < 1.29 is 18.7 Å². The lowest BCUT2D eigenvalue weighted by Gasteiger charge is -2.21. The fraction of sp³-hybridized carbons (Fsp3) is 0.286. The zero-order valence-corrected chi connectivity index (χ0v) is 23.0. The van der Waals surface area contributed by atoms with Crippen molar-refractivity contribution in [3.63, 3.8) is 0 Å². The van der Waals surface area contributed by atoms with E-state index in [0.717, 1.165) is 23.2 Å². The molecule has 1 aliphatic rings. The smallest absolute Gasteiger partial charge is 0.256 e. The van der Waals surface area contributed by atoms with Crippen molar-refractivity contribution in [3.8, 4) is 5.75 Å². The summed E-state index contributed by atoms with van der Waals surface area (Å²) in [7, 11) is 6.74. The molecule has 0 unspecified atom stereocenters. The normalized spacial score (nSPS) is 12.5. The van der Waals surface area contributed by atoms with E-state index >= 15 is 0 Å². The molecule has 40 heavy (non-hydrogen) atoms. The number of carbonyl (C=O) groups excluding carboxylic acids is 2. The molecule has 11 nitrogen and oxygen atoms in total. The number of carbonyl (C=O) groups is 2. The molecule has 0 bridgehead atoms. The number of amides is 2. The van der Waals surface area contributed by atoms with Crippen LogP contribution in [0.15, 0.2) is 36.5 Å². The molecule has 0 atom stereocenters. The average Bonchev–Trinajstić information content (AvgIpc) is 3.50. The molecule has 2 aromatic carbocycles. The third-order valence-corrected chi connectivity index (χ3v) is 6.74. The molecule has 4 aromatic rings. The molecular formula is C28H31FN8O3. The van der Waals surface area contributed by atoms with Crippen molar-refractivity contribution in [2.45, 2.75) is 13.3 Å². The minimum absolute atomic E-state index is 0.00731. The third kappa shape index (κ3) is 5.00. The molecule has 208 valence electrons. The highest BCUT2D eigenvalue weighted by Crippen LogP contribution is 2.39. The first kappa shape index (κ1) is 26.9. The van der Waals surface area contributed by atoms with Crippen LogP contribution in [0.5, 0.6) is 5.75 Å². The largest absolute Gasteiger partial charge is 0.495 e. The van der Waals surface area contributed by atoms with Gasteiger partial charge in [-0.25, -0.2) is 4.39 Å². The molecule has 12 heteroatoms. The maximum absolute atomic E-state index is 14.6. The van der Waals surface area contributed by atoms with Gasteiger partial charge in [0.2, 0.25) is 11.9 Å². The summed E-state index contributed by atoms with van der Waals surface area (Å²) < 4.78 is 20.3. The molecule has 2 amide bonds. The van der Waals surface area contributed by atoms with Crippen LogP contribution in [0.4, 0.5) is 33.2 Å². The second-order valence-electron chi connectivity index (χ2n) is 9.80. The molecule has 0 saturated heterocycles. The first-order valence-electron chi connectivity index (χ1n) is 12.8. The van der Waals surface area contributed by atoms with Gasteiger partial charge in [-0.1, -0.05) is 6.07 Å². The van der Waals surface area contributed by atoms with Crippen molar-refractivity contribution in [1.82, 2.24) is 25.2 Å². The zero-order valence-electron chi connectivity index (χ0n) is 23.0. The van der Waals surface area contributed by atoms with E-state index in [9.17, 15) is 14.0 Å². The monoisotopic (exact) mass is 546 g/mol. The van der Waals surface area contributed by atoms with Crippen LogP contribution in [0.2, 0.25) is 0 Å². The Morgan fingerprint density at radius 1 is 1.18 bits per heavy atom. The highest BCUT2D eigenvalue weighted by atomic mass is 19.1. The minimum atomic E-state index is -0.657. The number of rotatable bonds is 8. The summed E-state index contributed by atoms with van der Waals surface area (Å²) >= 11 is 0. The number of aryl methyl sites for hydroxylation is 1. The van der Waals surface area contributed by atoms with E-state index in [1.807, 2.05) is 38.1 Å². The Labute approximate surface area is 230 Å². The van der Waals surface area contributed by atoms with E-state index in [0.29, 0.717) is 41.4 Å². The molecule has 0 radical (unpaired) electrons.